The third-order valence-corrected chi connectivity index (χ3v) is 6.48. The SMILES string of the molecule is CCCN(Cc1nnc(-c2cccs2)o1)C(=O)CSc1nnnn1-c1ccc(C)cc1C. The standard InChI is InChI=1S/C21H23N7O2S2/c1-4-9-27(12-18-22-23-20(30-18)17-6-5-10-31-17)19(29)13-32-21-24-25-26-28(21)16-8-7-14(2)11-15(16)3/h5-8,10-11H,4,9,12-13H2,1-3H3. The number of nitrogens with zero attached hydrogens (tertiary/aromatic N) is 7. The molecule has 0 aliphatic rings. The monoisotopic (exact) mass is 469 g/mol. The summed E-state index contributed by atoms with van der Waals surface area (Å²) >= 11 is 2.84. The molecule has 1 amide bonds. The predicted octanol–water partition coefficient (Wildman–Crippen LogP) is 3.92. The number of thioether (sulfide) groups is 1. The van der Waals surface area contributed by atoms with Crippen LogP contribution in [0.4, 0.5) is 0 Å². The van der Waals surface area contributed by atoms with E-state index in [9.17, 15) is 4.79 Å². The van der Waals surface area contributed by atoms with Crippen LogP contribution >= 0.6 is 23.1 Å². The van der Waals surface area contributed by atoms with Crippen LogP contribution in [0, 0.1) is 13.8 Å². The second kappa shape index (κ2) is 10.0. The van der Waals surface area contributed by atoms with Gasteiger partial charge in [-0.2, -0.15) is 4.68 Å². The zero-order valence-corrected chi connectivity index (χ0v) is 19.7. The number of thiophene rings is 1. The first-order chi connectivity index (χ1) is 15.5. The molecule has 0 spiro atoms. The second-order valence-electron chi connectivity index (χ2n) is 7.25. The zero-order valence-electron chi connectivity index (χ0n) is 18.1. The molecular weight excluding hydrogens is 446 g/mol. The van der Waals surface area contributed by atoms with Crippen molar-refractivity contribution in [2.45, 2.75) is 38.9 Å². The van der Waals surface area contributed by atoms with Crippen molar-refractivity contribution in [2.75, 3.05) is 12.3 Å². The highest BCUT2D eigenvalue weighted by Gasteiger charge is 2.20. The Morgan fingerprint density at radius 3 is 2.84 bits per heavy atom. The fourth-order valence-electron chi connectivity index (χ4n) is 3.22. The van der Waals surface area contributed by atoms with E-state index in [1.54, 1.807) is 9.58 Å². The molecule has 166 valence electrons. The lowest BCUT2D eigenvalue weighted by molar-refractivity contribution is -0.129. The maximum Gasteiger partial charge on any atom is 0.257 e. The van der Waals surface area contributed by atoms with Gasteiger partial charge in [0.15, 0.2) is 0 Å². The van der Waals surface area contributed by atoms with Crippen molar-refractivity contribution >= 4 is 29.0 Å². The van der Waals surface area contributed by atoms with E-state index in [-0.39, 0.29) is 18.2 Å². The molecular formula is C21H23N7O2S2. The number of hydrogen-bond donors (Lipinski definition) is 0. The summed E-state index contributed by atoms with van der Waals surface area (Å²) < 4.78 is 7.43. The van der Waals surface area contributed by atoms with Crippen LogP contribution in [0.25, 0.3) is 16.5 Å². The summed E-state index contributed by atoms with van der Waals surface area (Å²) in [6.45, 7) is 6.95. The highest BCUT2D eigenvalue weighted by molar-refractivity contribution is 7.99. The van der Waals surface area contributed by atoms with Crippen LogP contribution in [-0.4, -0.2) is 53.5 Å². The number of carbonyl (C=O) groups excluding carboxylic acids is 1. The zero-order chi connectivity index (χ0) is 22.5. The van der Waals surface area contributed by atoms with E-state index in [2.05, 4.69) is 31.8 Å². The molecule has 11 heteroatoms. The van der Waals surface area contributed by atoms with Gasteiger partial charge in [0.25, 0.3) is 5.89 Å². The van der Waals surface area contributed by atoms with E-state index >= 15 is 0 Å². The third kappa shape index (κ3) is 5.05. The van der Waals surface area contributed by atoms with Gasteiger partial charge in [-0.1, -0.05) is 42.4 Å². The van der Waals surface area contributed by atoms with E-state index in [4.69, 9.17) is 4.42 Å². The van der Waals surface area contributed by atoms with Crippen molar-refractivity contribution in [1.29, 1.82) is 0 Å². The number of hydrogen-bond acceptors (Lipinski definition) is 9. The van der Waals surface area contributed by atoms with Gasteiger partial charge < -0.3 is 9.32 Å². The molecule has 9 nitrogen and oxygen atoms in total. The molecule has 4 rings (SSSR count). The Labute approximate surface area is 193 Å². The van der Waals surface area contributed by atoms with Gasteiger partial charge in [0.05, 0.1) is 22.9 Å². The number of amides is 1. The van der Waals surface area contributed by atoms with Crippen LogP contribution < -0.4 is 0 Å². The predicted molar refractivity (Wildman–Crippen MR) is 123 cm³/mol. The molecule has 32 heavy (non-hydrogen) atoms. The lowest BCUT2D eigenvalue weighted by Crippen LogP contribution is -2.33. The number of aromatic nitrogens is 6. The molecule has 0 saturated carbocycles. The second-order valence-corrected chi connectivity index (χ2v) is 9.14. The third-order valence-electron chi connectivity index (χ3n) is 4.72. The smallest absolute Gasteiger partial charge is 0.257 e. The van der Waals surface area contributed by atoms with Crippen LogP contribution in [0.1, 0.15) is 30.4 Å². The lowest BCUT2D eigenvalue weighted by Gasteiger charge is -2.20. The lowest BCUT2D eigenvalue weighted by atomic mass is 10.1. The fourth-order valence-corrected chi connectivity index (χ4v) is 4.65. The Kier molecular flexibility index (Phi) is 6.96. The van der Waals surface area contributed by atoms with Gasteiger partial charge in [0, 0.05) is 6.54 Å². The van der Waals surface area contributed by atoms with Gasteiger partial charge in [0.1, 0.15) is 0 Å². The van der Waals surface area contributed by atoms with Crippen LogP contribution in [0.15, 0.2) is 45.3 Å². The topological polar surface area (TPSA) is 103 Å². The average Bonchev–Trinajstić information content (AvgIpc) is 3.53. The van der Waals surface area contributed by atoms with Crippen LogP contribution in [0.3, 0.4) is 0 Å². The summed E-state index contributed by atoms with van der Waals surface area (Å²) in [5, 5.41) is 22.7. The highest BCUT2D eigenvalue weighted by atomic mass is 32.2. The Morgan fingerprint density at radius 2 is 2.09 bits per heavy atom. The quantitative estimate of drug-likeness (QED) is 0.340. The fraction of sp³-hybridized carbons (Fsp3) is 0.333. The number of aryl methyl sites for hydroxylation is 2. The minimum Gasteiger partial charge on any atom is -0.418 e. The molecule has 0 atom stereocenters. The molecule has 0 bridgehead atoms. The van der Waals surface area contributed by atoms with E-state index in [0.29, 0.717) is 23.5 Å². The molecule has 0 aliphatic heterocycles. The summed E-state index contributed by atoms with van der Waals surface area (Å²) in [5.41, 5.74) is 3.13. The van der Waals surface area contributed by atoms with Gasteiger partial charge in [0.2, 0.25) is 17.0 Å². The molecule has 4 aromatic rings. The van der Waals surface area contributed by atoms with E-state index in [1.165, 1.54) is 28.7 Å². The highest BCUT2D eigenvalue weighted by Crippen LogP contribution is 2.24. The molecule has 0 N–H and O–H groups in total. The normalized spacial score (nSPS) is 11.1. The Morgan fingerprint density at radius 1 is 1.22 bits per heavy atom. The minimum absolute atomic E-state index is 0.0390. The molecule has 0 fully saturated rings. The van der Waals surface area contributed by atoms with Crippen molar-refractivity contribution in [1.82, 2.24) is 35.3 Å². The number of carbonyl (C=O) groups is 1. The molecule has 0 unspecified atom stereocenters. The number of tetrazole rings is 1. The largest absolute Gasteiger partial charge is 0.418 e. The van der Waals surface area contributed by atoms with E-state index in [0.717, 1.165) is 22.5 Å². The van der Waals surface area contributed by atoms with Crippen molar-refractivity contribution in [3.05, 3.63) is 52.7 Å². The molecule has 0 radical (unpaired) electrons. The molecule has 1 aromatic carbocycles. The van der Waals surface area contributed by atoms with Gasteiger partial charge in [-0.25, -0.2) is 0 Å². The van der Waals surface area contributed by atoms with Gasteiger partial charge in [-0.3, -0.25) is 4.79 Å². The van der Waals surface area contributed by atoms with E-state index in [1.807, 2.05) is 50.4 Å². The van der Waals surface area contributed by atoms with Crippen molar-refractivity contribution < 1.29 is 9.21 Å². The summed E-state index contributed by atoms with van der Waals surface area (Å²) in [6, 6.07) is 9.93. The van der Waals surface area contributed by atoms with Crippen molar-refractivity contribution in [3.8, 4) is 16.5 Å². The number of benzene rings is 1. The van der Waals surface area contributed by atoms with Crippen LogP contribution in [0.2, 0.25) is 0 Å². The molecule has 3 aromatic heterocycles. The maximum absolute atomic E-state index is 13.0. The molecule has 0 aliphatic carbocycles. The van der Waals surface area contributed by atoms with E-state index < -0.39 is 0 Å². The van der Waals surface area contributed by atoms with Gasteiger partial charge in [-0.05, 0) is 53.8 Å². The van der Waals surface area contributed by atoms with Crippen molar-refractivity contribution in [2.24, 2.45) is 0 Å². The molecule has 0 saturated heterocycles. The van der Waals surface area contributed by atoms with Crippen molar-refractivity contribution in [3.63, 3.8) is 0 Å². The summed E-state index contributed by atoms with van der Waals surface area (Å²) in [6.07, 6.45) is 0.822. The number of rotatable bonds is 9. The molecule has 3 heterocycles. The van der Waals surface area contributed by atoms with Crippen LogP contribution in [-0.2, 0) is 11.3 Å². The Hall–Kier alpha value is -3.05. The summed E-state index contributed by atoms with van der Waals surface area (Å²) in [4.78, 5) is 15.6. The minimum atomic E-state index is -0.0390. The summed E-state index contributed by atoms with van der Waals surface area (Å²) in [7, 11) is 0. The maximum atomic E-state index is 13.0. The average molecular weight is 470 g/mol. The van der Waals surface area contributed by atoms with Crippen LogP contribution in [0.5, 0.6) is 0 Å². The van der Waals surface area contributed by atoms with Gasteiger partial charge in [-0.15, -0.1) is 26.6 Å². The summed E-state index contributed by atoms with van der Waals surface area (Å²) in [5.74, 6) is 1.06. The first-order valence-electron chi connectivity index (χ1n) is 10.2. The first-order valence-corrected chi connectivity index (χ1v) is 12.0. The Balaban J connectivity index is 1.43. The van der Waals surface area contributed by atoms with Gasteiger partial charge >= 0.3 is 0 Å². The Bertz CT molecular complexity index is 1190. The first kappa shape index (κ1) is 22.2.